The first-order valence-corrected chi connectivity index (χ1v) is 4.98. The zero-order chi connectivity index (χ0) is 10.7. The van der Waals surface area contributed by atoms with Crippen LogP contribution < -0.4 is 5.32 Å². The van der Waals surface area contributed by atoms with Gasteiger partial charge in [0.15, 0.2) is 0 Å². The summed E-state index contributed by atoms with van der Waals surface area (Å²) >= 11 is 17.4. The molecule has 0 aromatic heterocycles. The van der Waals surface area contributed by atoms with Crippen molar-refractivity contribution in [3.8, 4) is 6.07 Å². The Bertz CT molecular complexity index is 384. The molecule has 1 unspecified atom stereocenters. The molecule has 1 atom stereocenters. The summed E-state index contributed by atoms with van der Waals surface area (Å²) in [6.07, 6.45) is 0. The molecule has 0 fully saturated rings. The van der Waals surface area contributed by atoms with Crippen molar-refractivity contribution in [2.24, 2.45) is 0 Å². The third kappa shape index (κ3) is 2.68. The van der Waals surface area contributed by atoms with Gasteiger partial charge in [0.25, 0.3) is 0 Å². The van der Waals surface area contributed by atoms with Gasteiger partial charge in [0.2, 0.25) is 0 Å². The van der Waals surface area contributed by atoms with Crippen LogP contribution in [-0.4, -0.2) is 6.04 Å². The molecular formula is C9H7Cl3N2. The van der Waals surface area contributed by atoms with Gasteiger partial charge in [-0.1, -0.05) is 34.8 Å². The van der Waals surface area contributed by atoms with Gasteiger partial charge in [0, 0.05) is 0 Å². The number of nitrogens with zero attached hydrogens (tertiary/aromatic N) is 1. The minimum atomic E-state index is -0.329. The summed E-state index contributed by atoms with van der Waals surface area (Å²) in [7, 11) is 0. The largest absolute Gasteiger partial charge is 0.369 e. The van der Waals surface area contributed by atoms with Crippen LogP contribution in [0.15, 0.2) is 12.1 Å². The predicted octanol–water partition coefficient (Wildman–Crippen LogP) is 3.97. The van der Waals surface area contributed by atoms with Gasteiger partial charge in [-0.3, -0.25) is 0 Å². The number of halogens is 3. The van der Waals surface area contributed by atoms with Crippen molar-refractivity contribution < 1.29 is 0 Å². The van der Waals surface area contributed by atoms with Crippen LogP contribution in [0.3, 0.4) is 0 Å². The standard InChI is InChI=1S/C9H7Cl3N2/c1-5(4-13)14-9-3-7(11)6(10)2-8(9)12/h2-3,5,14H,1H3. The first-order chi connectivity index (χ1) is 6.54. The SMILES string of the molecule is CC(C#N)Nc1cc(Cl)c(Cl)cc1Cl. The fraction of sp³-hybridized carbons (Fsp3) is 0.222. The predicted molar refractivity (Wildman–Crippen MR) is 60.2 cm³/mol. The first kappa shape index (κ1) is 11.5. The lowest BCUT2D eigenvalue weighted by Crippen LogP contribution is -2.12. The van der Waals surface area contributed by atoms with Gasteiger partial charge < -0.3 is 5.32 Å². The van der Waals surface area contributed by atoms with Gasteiger partial charge in [-0.2, -0.15) is 5.26 Å². The van der Waals surface area contributed by atoms with E-state index in [4.69, 9.17) is 40.1 Å². The van der Waals surface area contributed by atoms with Gasteiger partial charge >= 0.3 is 0 Å². The van der Waals surface area contributed by atoms with E-state index in [1.807, 2.05) is 6.07 Å². The van der Waals surface area contributed by atoms with Crippen LogP contribution in [0.25, 0.3) is 0 Å². The second kappa shape index (κ2) is 4.75. The van der Waals surface area contributed by atoms with Crippen molar-refractivity contribution in [1.82, 2.24) is 0 Å². The van der Waals surface area contributed by atoms with Crippen molar-refractivity contribution >= 4 is 40.5 Å². The molecule has 0 bridgehead atoms. The molecule has 1 rings (SSSR count). The van der Waals surface area contributed by atoms with Crippen molar-refractivity contribution in [1.29, 1.82) is 5.26 Å². The second-order valence-corrected chi connectivity index (χ2v) is 3.96. The highest BCUT2D eigenvalue weighted by Crippen LogP contribution is 2.32. The van der Waals surface area contributed by atoms with E-state index in [1.165, 1.54) is 6.07 Å². The molecule has 5 heteroatoms. The van der Waals surface area contributed by atoms with E-state index in [0.717, 1.165) is 0 Å². The summed E-state index contributed by atoms with van der Waals surface area (Å²) in [6, 6.07) is 4.84. The monoisotopic (exact) mass is 248 g/mol. The maximum Gasteiger partial charge on any atom is 0.111 e. The summed E-state index contributed by atoms with van der Waals surface area (Å²) < 4.78 is 0. The number of benzene rings is 1. The molecule has 14 heavy (non-hydrogen) atoms. The zero-order valence-corrected chi connectivity index (χ0v) is 9.58. The van der Waals surface area contributed by atoms with Gasteiger partial charge in [-0.05, 0) is 19.1 Å². The number of nitriles is 1. The highest BCUT2D eigenvalue weighted by molar-refractivity contribution is 6.44. The quantitative estimate of drug-likeness (QED) is 0.805. The Morgan fingerprint density at radius 2 is 1.79 bits per heavy atom. The summed E-state index contributed by atoms with van der Waals surface area (Å²) in [4.78, 5) is 0. The van der Waals surface area contributed by atoms with Crippen LogP contribution in [0.2, 0.25) is 15.1 Å². The van der Waals surface area contributed by atoms with Crippen molar-refractivity contribution in [2.75, 3.05) is 5.32 Å². The lowest BCUT2D eigenvalue weighted by molar-refractivity contribution is 1.01. The molecule has 0 saturated carbocycles. The highest BCUT2D eigenvalue weighted by atomic mass is 35.5. The fourth-order valence-corrected chi connectivity index (χ4v) is 1.50. The number of hydrogen-bond donors (Lipinski definition) is 1. The lowest BCUT2D eigenvalue weighted by atomic mass is 10.3. The molecule has 0 saturated heterocycles. The average Bonchev–Trinajstić information content (AvgIpc) is 2.14. The highest BCUT2D eigenvalue weighted by Gasteiger charge is 2.07. The smallest absolute Gasteiger partial charge is 0.111 e. The zero-order valence-electron chi connectivity index (χ0n) is 7.31. The van der Waals surface area contributed by atoms with Crippen molar-refractivity contribution in [3.05, 3.63) is 27.2 Å². The minimum Gasteiger partial charge on any atom is -0.369 e. The lowest BCUT2D eigenvalue weighted by Gasteiger charge is -2.10. The van der Waals surface area contributed by atoms with E-state index in [-0.39, 0.29) is 6.04 Å². The van der Waals surface area contributed by atoms with Crippen molar-refractivity contribution in [2.45, 2.75) is 13.0 Å². The Labute approximate surface area is 97.4 Å². The summed E-state index contributed by atoms with van der Waals surface area (Å²) in [5.41, 5.74) is 0.607. The molecule has 0 heterocycles. The first-order valence-electron chi connectivity index (χ1n) is 3.85. The number of nitrogens with one attached hydrogen (secondary N) is 1. The molecule has 74 valence electrons. The van der Waals surface area contributed by atoms with E-state index in [2.05, 4.69) is 5.32 Å². The van der Waals surface area contributed by atoms with Crippen LogP contribution in [0.1, 0.15) is 6.92 Å². The maximum atomic E-state index is 8.60. The molecule has 0 aliphatic carbocycles. The van der Waals surface area contributed by atoms with Gasteiger partial charge in [0.05, 0.1) is 26.8 Å². The van der Waals surface area contributed by atoms with Gasteiger partial charge in [0.1, 0.15) is 6.04 Å². The molecule has 2 nitrogen and oxygen atoms in total. The summed E-state index contributed by atoms with van der Waals surface area (Å²) in [5.74, 6) is 0. The summed E-state index contributed by atoms with van der Waals surface area (Å²) in [6.45, 7) is 1.72. The maximum absolute atomic E-state index is 8.60. The van der Waals surface area contributed by atoms with Crippen LogP contribution >= 0.6 is 34.8 Å². The summed E-state index contributed by atoms with van der Waals surface area (Å²) in [5, 5.41) is 12.7. The number of rotatable bonds is 2. The molecule has 0 amide bonds. The number of anilines is 1. The van der Waals surface area contributed by atoms with E-state index in [9.17, 15) is 0 Å². The molecular weight excluding hydrogens is 242 g/mol. The van der Waals surface area contributed by atoms with Crippen LogP contribution in [0.5, 0.6) is 0 Å². The van der Waals surface area contributed by atoms with E-state index < -0.39 is 0 Å². The normalized spacial score (nSPS) is 11.9. The molecule has 1 N–H and O–H groups in total. The second-order valence-electron chi connectivity index (χ2n) is 2.74. The molecule has 1 aromatic rings. The molecule has 0 aliphatic heterocycles. The third-order valence-electron chi connectivity index (χ3n) is 1.58. The van der Waals surface area contributed by atoms with Gasteiger partial charge in [-0.25, -0.2) is 0 Å². The van der Waals surface area contributed by atoms with Crippen LogP contribution in [-0.2, 0) is 0 Å². The Balaban J connectivity index is 2.99. The topological polar surface area (TPSA) is 35.8 Å². The fourth-order valence-electron chi connectivity index (χ4n) is 0.899. The Morgan fingerprint density at radius 3 is 2.36 bits per heavy atom. The van der Waals surface area contributed by atoms with Crippen LogP contribution in [0, 0.1) is 11.3 Å². The Hall–Kier alpha value is -0.620. The van der Waals surface area contributed by atoms with Crippen molar-refractivity contribution in [3.63, 3.8) is 0 Å². The Morgan fingerprint density at radius 1 is 1.21 bits per heavy atom. The van der Waals surface area contributed by atoms with E-state index in [1.54, 1.807) is 13.0 Å². The number of hydrogen-bond acceptors (Lipinski definition) is 2. The average molecular weight is 250 g/mol. The van der Waals surface area contributed by atoms with E-state index in [0.29, 0.717) is 20.8 Å². The van der Waals surface area contributed by atoms with E-state index >= 15 is 0 Å². The minimum absolute atomic E-state index is 0.329. The molecule has 1 aromatic carbocycles. The Kier molecular flexibility index (Phi) is 3.88. The van der Waals surface area contributed by atoms with Gasteiger partial charge in [-0.15, -0.1) is 0 Å². The van der Waals surface area contributed by atoms with Crippen LogP contribution in [0.4, 0.5) is 5.69 Å². The molecule has 0 spiro atoms. The molecule has 0 radical (unpaired) electrons. The third-order valence-corrected chi connectivity index (χ3v) is 2.61. The molecule has 0 aliphatic rings.